The summed E-state index contributed by atoms with van der Waals surface area (Å²) in [6.07, 6.45) is 4.27. The second-order valence-corrected chi connectivity index (χ2v) is 5.89. The van der Waals surface area contributed by atoms with E-state index in [1.54, 1.807) is 11.3 Å². The monoisotopic (exact) mass is 288 g/mol. The number of carbonyl (C=O) groups is 1. The van der Waals surface area contributed by atoms with Crippen molar-refractivity contribution in [1.82, 2.24) is 4.98 Å². The fraction of sp³-hybridized carbons (Fsp3) is 0.667. The van der Waals surface area contributed by atoms with Crippen LogP contribution in [0.5, 0.6) is 0 Å². The highest BCUT2D eigenvalue weighted by Crippen LogP contribution is 2.18. The van der Waals surface area contributed by atoms with Crippen molar-refractivity contribution in [3.8, 4) is 0 Å². The fourth-order valence-electron chi connectivity index (χ4n) is 1.40. The summed E-state index contributed by atoms with van der Waals surface area (Å²) >= 11 is 3.44. The zero-order valence-corrected chi connectivity index (χ0v) is 12.7. The van der Waals surface area contributed by atoms with Crippen LogP contribution in [0.2, 0.25) is 0 Å². The number of hydrogen-bond acceptors (Lipinski definition) is 6. The van der Waals surface area contributed by atoms with Crippen molar-refractivity contribution in [2.75, 3.05) is 24.4 Å². The average molecular weight is 288 g/mol. The summed E-state index contributed by atoms with van der Waals surface area (Å²) in [6, 6.07) is 0.428. The van der Waals surface area contributed by atoms with E-state index < -0.39 is 0 Å². The lowest BCUT2D eigenvalue weighted by Gasteiger charge is -2.11. The van der Waals surface area contributed by atoms with E-state index in [0.717, 1.165) is 23.0 Å². The van der Waals surface area contributed by atoms with Crippen molar-refractivity contribution in [1.29, 1.82) is 0 Å². The van der Waals surface area contributed by atoms with E-state index in [2.05, 4.69) is 28.2 Å². The Bertz CT molecular complexity index is 369. The summed E-state index contributed by atoms with van der Waals surface area (Å²) in [5.74, 6) is 0.959. The number of nitrogens with zero attached hydrogens (tertiary/aromatic N) is 1. The van der Waals surface area contributed by atoms with Crippen LogP contribution in [0.1, 0.15) is 25.5 Å². The van der Waals surface area contributed by atoms with Gasteiger partial charge in [0, 0.05) is 17.8 Å². The minimum atomic E-state index is -0.189. The maximum Gasteiger partial charge on any atom is 0.305 e. The predicted octanol–water partition coefficient (Wildman–Crippen LogP) is 2.80. The summed E-state index contributed by atoms with van der Waals surface area (Å²) in [5, 5.41) is 6.30. The van der Waals surface area contributed by atoms with Crippen LogP contribution >= 0.6 is 23.1 Å². The first kappa shape index (κ1) is 15.3. The third-order valence-corrected chi connectivity index (χ3v) is 3.96. The molecule has 18 heavy (non-hydrogen) atoms. The Hall–Kier alpha value is -0.750. The van der Waals surface area contributed by atoms with E-state index in [0.29, 0.717) is 18.9 Å². The van der Waals surface area contributed by atoms with E-state index >= 15 is 0 Å². The van der Waals surface area contributed by atoms with E-state index in [9.17, 15) is 4.79 Å². The molecule has 0 aliphatic heterocycles. The second kappa shape index (κ2) is 8.37. The largest absolute Gasteiger partial charge is 0.469 e. The molecule has 0 radical (unpaired) electrons. The van der Waals surface area contributed by atoms with Crippen molar-refractivity contribution >= 4 is 34.2 Å². The first-order valence-corrected chi connectivity index (χ1v) is 8.19. The summed E-state index contributed by atoms with van der Waals surface area (Å²) < 4.78 is 4.61. The summed E-state index contributed by atoms with van der Waals surface area (Å²) in [7, 11) is 1.41. The molecule has 0 aromatic carbocycles. The number of carbonyl (C=O) groups excluding carboxylic acids is 1. The van der Waals surface area contributed by atoms with Gasteiger partial charge < -0.3 is 10.1 Å². The van der Waals surface area contributed by atoms with Gasteiger partial charge in [-0.15, -0.1) is 11.3 Å². The van der Waals surface area contributed by atoms with Gasteiger partial charge in [0.2, 0.25) is 0 Å². The Morgan fingerprint density at radius 3 is 3.11 bits per heavy atom. The Balaban J connectivity index is 2.36. The zero-order chi connectivity index (χ0) is 13.4. The van der Waals surface area contributed by atoms with Crippen LogP contribution in [-0.4, -0.2) is 36.1 Å². The van der Waals surface area contributed by atoms with Gasteiger partial charge in [-0.3, -0.25) is 4.79 Å². The molecule has 0 aliphatic rings. The molecule has 1 heterocycles. The Morgan fingerprint density at radius 1 is 1.67 bits per heavy atom. The molecule has 6 heteroatoms. The molecule has 1 aromatic heterocycles. The molecular formula is C12H20N2O2S2. The first-order chi connectivity index (χ1) is 8.65. The molecule has 0 bridgehead atoms. The molecule has 1 rings (SSSR count). The van der Waals surface area contributed by atoms with Crippen molar-refractivity contribution in [2.24, 2.45) is 0 Å². The minimum Gasteiger partial charge on any atom is -0.469 e. The van der Waals surface area contributed by atoms with Crippen LogP contribution in [0, 0.1) is 0 Å². The van der Waals surface area contributed by atoms with Gasteiger partial charge in [-0.05, 0) is 25.4 Å². The van der Waals surface area contributed by atoms with Crippen molar-refractivity contribution < 1.29 is 9.53 Å². The molecule has 4 nitrogen and oxygen atoms in total. The zero-order valence-electron chi connectivity index (χ0n) is 11.1. The highest BCUT2D eigenvalue weighted by molar-refractivity contribution is 7.98. The van der Waals surface area contributed by atoms with Crippen LogP contribution in [0.4, 0.5) is 5.13 Å². The Kier molecular flexibility index (Phi) is 7.12. The maximum atomic E-state index is 11.0. The highest BCUT2D eigenvalue weighted by atomic mass is 32.2. The third-order valence-electron chi connectivity index (χ3n) is 2.49. The van der Waals surface area contributed by atoms with Crippen LogP contribution in [-0.2, 0) is 16.0 Å². The molecule has 1 atom stereocenters. The number of methoxy groups -OCH3 is 1. The van der Waals surface area contributed by atoms with Crippen molar-refractivity contribution in [3.05, 3.63) is 11.1 Å². The number of aromatic nitrogens is 1. The summed E-state index contributed by atoms with van der Waals surface area (Å²) in [5.41, 5.74) is 0.949. The smallest absolute Gasteiger partial charge is 0.305 e. The first-order valence-electron chi connectivity index (χ1n) is 5.92. The second-order valence-electron chi connectivity index (χ2n) is 4.05. The topological polar surface area (TPSA) is 51.2 Å². The molecule has 0 spiro atoms. The lowest BCUT2D eigenvalue weighted by molar-refractivity contribution is -0.140. The lowest BCUT2D eigenvalue weighted by Crippen LogP contribution is -2.15. The molecular weight excluding hydrogens is 268 g/mol. The van der Waals surface area contributed by atoms with E-state index in [1.807, 2.05) is 17.1 Å². The number of thiazole rings is 1. The van der Waals surface area contributed by atoms with E-state index in [4.69, 9.17) is 0 Å². The van der Waals surface area contributed by atoms with Crippen molar-refractivity contribution in [2.45, 2.75) is 32.2 Å². The third kappa shape index (κ3) is 5.73. The molecule has 1 unspecified atom stereocenters. The molecule has 0 saturated heterocycles. The average Bonchev–Trinajstić information content (AvgIpc) is 2.81. The van der Waals surface area contributed by atoms with Gasteiger partial charge in [0.1, 0.15) is 0 Å². The highest BCUT2D eigenvalue weighted by Gasteiger charge is 2.07. The number of esters is 1. The number of hydrogen-bond donors (Lipinski definition) is 1. The standard InChI is InChI=1S/C12H20N2O2S2/c1-9(6-7-17-3)13-12-14-10(8-18-12)4-5-11(15)16-2/h8-9H,4-7H2,1-3H3,(H,13,14). The van der Waals surface area contributed by atoms with Crippen molar-refractivity contribution in [3.63, 3.8) is 0 Å². The number of ether oxygens (including phenoxy) is 1. The molecule has 0 saturated carbocycles. The van der Waals surface area contributed by atoms with E-state index in [-0.39, 0.29) is 5.97 Å². The van der Waals surface area contributed by atoms with Crippen LogP contribution in [0.3, 0.4) is 0 Å². The Morgan fingerprint density at radius 2 is 2.44 bits per heavy atom. The predicted molar refractivity (Wildman–Crippen MR) is 78.5 cm³/mol. The minimum absolute atomic E-state index is 0.189. The van der Waals surface area contributed by atoms with Gasteiger partial charge in [-0.25, -0.2) is 4.98 Å². The van der Waals surface area contributed by atoms with Crippen LogP contribution in [0.15, 0.2) is 5.38 Å². The van der Waals surface area contributed by atoms with Gasteiger partial charge in [-0.2, -0.15) is 11.8 Å². The SMILES string of the molecule is COC(=O)CCc1csc(NC(C)CCSC)n1. The molecule has 1 N–H and O–H groups in total. The number of thioether (sulfide) groups is 1. The number of nitrogens with one attached hydrogen (secondary N) is 1. The normalized spacial score (nSPS) is 12.2. The van der Waals surface area contributed by atoms with Crippen LogP contribution in [0.25, 0.3) is 0 Å². The maximum absolute atomic E-state index is 11.0. The van der Waals surface area contributed by atoms with E-state index in [1.165, 1.54) is 7.11 Å². The molecule has 1 aromatic rings. The van der Waals surface area contributed by atoms with Gasteiger partial charge in [0.15, 0.2) is 5.13 Å². The molecule has 0 amide bonds. The molecule has 0 aliphatic carbocycles. The summed E-state index contributed by atoms with van der Waals surface area (Å²) in [6.45, 7) is 2.16. The van der Waals surface area contributed by atoms with Gasteiger partial charge >= 0.3 is 5.97 Å². The fourth-order valence-corrected chi connectivity index (χ4v) is 2.84. The number of aryl methyl sites for hydroxylation is 1. The molecule has 0 fully saturated rings. The summed E-state index contributed by atoms with van der Waals surface area (Å²) in [4.78, 5) is 15.5. The molecule has 102 valence electrons. The van der Waals surface area contributed by atoms with Gasteiger partial charge in [0.05, 0.1) is 19.2 Å². The lowest BCUT2D eigenvalue weighted by atomic mass is 10.2. The van der Waals surface area contributed by atoms with Gasteiger partial charge in [-0.1, -0.05) is 0 Å². The quantitative estimate of drug-likeness (QED) is 0.745. The van der Waals surface area contributed by atoms with Gasteiger partial charge in [0.25, 0.3) is 0 Å². The number of rotatable bonds is 8. The number of anilines is 1. The van der Waals surface area contributed by atoms with Crippen LogP contribution < -0.4 is 5.32 Å². The Labute approximate surface area is 117 Å².